The van der Waals surface area contributed by atoms with Gasteiger partial charge in [-0.15, -0.1) is 0 Å². The molecule has 1 saturated heterocycles. The van der Waals surface area contributed by atoms with Crippen molar-refractivity contribution in [2.75, 3.05) is 13.1 Å². The minimum absolute atomic E-state index is 0.322. The lowest BCUT2D eigenvalue weighted by Crippen LogP contribution is -2.68. The highest BCUT2D eigenvalue weighted by atomic mass is 16.6. The maximum Gasteiger partial charge on any atom is 0.410 e. The van der Waals surface area contributed by atoms with Crippen molar-refractivity contribution in [1.82, 2.24) is 4.90 Å². The van der Waals surface area contributed by atoms with Crippen molar-refractivity contribution in [3.05, 3.63) is 0 Å². The summed E-state index contributed by atoms with van der Waals surface area (Å²) in [5.74, 6) is 0.637. The molecule has 0 aromatic carbocycles. The second-order valence-corrected chi connectivity index (χ2v) is 8.73. The Morgan fingerprint density at radius 2 is 1.91 bits per heavy atom. The molecule has 2 rings (SSSR count). The average molecular weight is 326 g/mol. The summed E-state index contributed by atoms with van der Waals surface area (Å²) >= 11 is 0. The van der Waals surface area contributed by atoms with E-state index in [0.717, 1.165) is 44.9 Å². The molecular weight excluding hydrogens is 292 g/mol. The van der Waals surface area contributed by atoms with Gasteiger partial charge in [0.1, 0.15) is 5.60 Å². The first kappa shape index (κ1) is 18.5. The first-order chi connectivity index (χ1) is 10.5. The number of ether oxygens (including phenoxy) is 1. The number of hydrogen-bond donors (Lipinski definition) is 2. The molecule has 1 aliphatic carbocycles. The lowest BCUT2D eigenvalue weighted by Gasteiger charge is -2.50. The summed E-state index contributed by atoms with van der Waals surface area (Å²) in [5.41, 5.74) is 4.56. The molecule has 5 heteroatoms. The summed E-state index contributed by atoms with van der Waals surface area (Å²) in [6.45, 7) is 8.87. The van der Waals surface area contributed by atoms with Crippen molar-refractivity contribution in [3.8, 4) is 0 Å². The fourth-order valence-electron chi connectivity index (χ4n) is 3.94. The SMILES string of the molecule is CC1CCCC(O)(C2(N)CCCN(C(=O)OC(C)(C)C)C2)CC1. The molecule has 0 aromatic rings. The molecule has 1 amide bonds. The second kappa shape index (κ2) is 6.60. The molecule has 134 valence electrons. The number of nitrogens with two attached hydrogens (primary N) is 1. The van der Waals surface area contributed by atoms with Crippen molar-refractivity contribution >= 4 is 6.09 Å². The van der Waals surface area contributed by atoms with Gasteiger partial charge in [-0.25, -0.2) is 4.79 Å². The van der Waals surface area contributed by atoms with Crippen LogP contribution < -0.4 is 5.73 Å². The molecule has 1 saturated carbocycles. The first-order valence-electron chi connectivity index (χ1n) is 9.04. The van der Waals surface area contributed by atoms with Crippen molar-refractivity contribution < 1.29 is 14.6 Å². The molecule has 3 atom stereocenters. The summed E-state index contributed by atoms with van der Waals surface area (Å²) in [6.07, 6.45) is 5.87. The average Bonchev–Trinajstić information content (AvgIpc) is 2.60. The Labute approximate surface area is 140 Å². The first-order valence-corrected chi connectivity index (χ1v) is 9.04. The van der Waals surface area contributed by atoms with Crippen LogP contribution in [0.25, 0.3) is 0 Å². The van der Waals surface area contributed by atoms with Gasteiger partial charge in [0.15, 0.2) is 0 Å². The summed E-state index contributed by atoms with van der Waals surface area (Å²) in [4.78, 5) is 14.1. The zero-order valence-electron chi connectivity index (χ0n) is 15.2. The van der Waals surface area contributed by atoms with Crippen LogP contribution in [0.5, 0.6) is 0 Å². The van der Waals surface area contributed by atoms with Crippen LogP contribution in [0.4, 0.5) is 4.79 Å². The molecule has 1 aliphatic heterocycles. The molecule has 0 aromatic heterocycles. The molecule has 2 fully saturated rings. The van der Waals surface area contributed by atoms with Gasteiger partial charge in [-0.3, -0.25) is 0 Å². The van der Waals surface area contributed by atoms with Crippen molar-refractivity contribution in [1.29, 1.82) is 0 Å². The minimum Gasteiger partial charge on any atom is -0.444 e. The third-order valence-corrected chi connectivity index (χ3v) is 5.44. The third kappa shape index (κ3) is 4.38. The monoisotopic (exact) mass is 326 g/mol. The van der Waals surface area contributed by atoms with Gasteiger partial charge in [0, 0.05) is 13.1 Å². The maximum atomic E-state index is 12.4. The number of hydrogen-bond acceptors (Lipinski definition) is 4. The highest BCUT2D eigenvalue weighted by Crippen LogP contribution is 2.40. The van der Waals surface area contributed by atoms with Crippen LogP contribution in [0.2, 0.25) is 0 Å². The molecule has 2 aliphatic rings. The smallest absolute Gasteiger partial charge is 0.410 e. The van der Waals surface area contributed by atoms with Crippen LogP contribution in [-0.4, -0.2) is 45.9 Å². The Morgan fingerprint density at radius 1 is 1.22 bits per heavy atom. The van der Waals surface area contributed by atoms with Gasteiger partial charge in [0.25, 0.3) is 0 Å². The molecular formula is C18H34N2O3. The molecule has 3 N–H and O–H groups in total. The number of aliphatic hydroxyl groups is 1. The van der Waals surface area contributed by atoms with Crippen LogP contribution in [0.15, 0.2) is 0 Å². The molecule has 0 bridgehead atoms. The summed E-state index contributed by atoms with van der Waals surface area (Å²) in [6, 6.07) is 0. The van der Waals surface area contributed by atoms with E-state index in [1.54, 1.807) is 4.90 Å². The normalized spacial score (nSPS) is 36.4. The Balaban J connectivity index is 2.10. The van der Waals surface area contributed by atoms with E-state index in [2.05, 4.69) is 6.92 Å². The number of likely N-dealkylation sites (tertiary alicyclic amines) is 1. The van der Waals surface area contributed by atoms with Crippen LogP contribution in [-0.2, 0) is 4.74 Å². The Morgan fingerprint density at radius 3 is 2.57 bits per heavy atom. The van der Waals surface area contributed by atoms with Gasteiger partial charge in [-0.05, 0) is 58.8 Å². The summed E-state index contributed by atoms with van der Waals surface area (Å²) in [7, 11) is 0. The number of amides is 1. The Bertz CT molecular complexity index is 434. The van der Waals surface area contributed by atoms with Crippen LogP contribution >= 0.6 is 0 Å². The van der Waals surface area contributed by atoms with E-state index in [0.29, 0.717) is 19.0 Å². The van der Waals surface area contributed by atoms with Crippen LogP contribution in [0.1, 0.15) is 72.6 Å². The number of carbonyl (C=O) groups is 1. The zero-order valence-corrected chi connectivity index (χ0v) is 15.2. The number of piperidine rings is 1. The highest BCUT2D eigenvalue weighted by molar-refractivity contribution is 5.68. The van der Waals surface area contributed by atoms with Gasteiger partial charge in [-0.1, -0.05) is 19.8 Å². The molecule has 0 radical (unpaired) electrons. The van der Waals surface area contributed by atoms with Gasteiger partial charge in [0.05, 0.1) is 11.1 Å². The standard InChI is InChI=1S/C18H34N2O3/c1-14-7-5-10-18(22,11-8-14)17(19)9-6-12-20(13-17)15(21)23-16(2,3)4/h14,22H,5-13,19H2,1-4H3. The van der Waals surface area contributed by atoms with Crippen molar-refractivity contribution in [3.63, 3.8) is 0 Å². The van der Waals surface area contributed by atoms with E-state index in [4.69, 9.17) is 10.5 Å². The molecule has 0 spiro atoms. The molecule has 3 unspecified atom stereocenters. The third-order valence-electron chi connectivity index (χ3n) is 5.44. The van der Waals surface area contributed by atoms with Gasteiger partial charge in [-0.2, -0.15) is 0 Å². The number of rotatable bonds is 1. The fourth-order valence-corrected chi connectivity index (χ4v) is 3.94. The van der Waals surface area contributed by atoms with Crippen LogP contribution in [0, 0.1) is 5.92 Å². The highest BCUT2D eigenvalue weighted by Gasteiger charge is 2.50. The predicted molar refractivity (Wildman–Crippen MR) is 91.2 cm³/mol. The van der Waals surface area contributed by atoms with E-state index in [-0.39, 0.29) is 6.09 Å². The largest absolute Gasteiger partial charge is 0.444 e. The summed E-state index contributed by atoms with van der Waals surface area (Å²) in [5, 5.41) is 11.3. The lowest BCUT2D eigenvalue weighted by atomic mass is 9.71. The van der Waals surface area contributed by atoms with Crippen molar-refractivity contribution in [2.45, 2.75) is 89.4 Å². The lowest BCUT2D eigenvalue weighted by molar-refractivity contribution is -0.0778. The molecule has 5 nitrogen and oxygen atoms in total. The Hall–Kier alpha value is -0.810. The van der Waals surface area contributed by atoms with E-state index in [1.807, 2.05) is 20.8 Å². The zero-order chi connectivity index (χ0) is 17.3. The van der Waals surface area contributed by atoms with Crippen molar-refractivity contribution in [2.24, 2.45) is 11.7 Å². The number of carbonyl (C=O) groups excluding carboxylic acids is 1. The van der Waals surface area contributed by atoms with E-state index >= 15 is 0 Å². The summed E-state index contributed by atoms with van der Waals surface area (Å²) < 4.78 is 5.48. The molecule has 1 heterocycles. The van der Waals surface area contributed by atoms with E-state index < -0.39 is 16.7 Å². The predicted octanol–water partition coefficient (Wildman–Crippen LogP) is 3.05. The molecule has 23 heavy (non-hydrogen) atoms. The van der Waals surface area contributed by atoms with E-state index in [1.165, 1.54) is 0 Å². The van der Waals surface area contributed by atoms with Gasteiger partial charge in [0.2, 0.25) is 0 Å². The van der Waals surface area contributed by atoms with Gasteiger partial charge < -0.3 is 20.5 Å². The minimum atomic E-state index is -0.877. The number of nitrogens with zero attached hydrogens (tertiary/aromatic N) is 1. The Kier molecular flexibility index (Phi) is 5.31. The van der Waals surface area contributed by atoms with E-state index in [9.17, 15) is 9.90 Å². The van der Waals surface area contributed by atoms with Crippen LogP contribution in [0.3, 0.4) is 0 Å². The fraction of sp³-hybridized carbons (Fsp3) is 0.944. The maximum absolute atomic E-state index is 12.4. The van der Waals surface area contributed by atoms with Gasteiger partial charge >= 0.3 is 6.09 Å². The second-order valence-electron chi connectivity index (χ2n) is 8.73. The topological polar surface area (TPSA) is 75.8 Å². The quantitative estimate of drug-likeness (QED) is 0.726.